The second-order valence-corrected chi connectivity index (χ2v) is 7.55. The molecule has 0 radical (unpaired) electrons. The smallest absolute Gasteiger partial charge is 0.234 e. The predicted molar refractivity (Wildman–Crippen MR) is 103 cm³/mol. The number of carbonyl (C=O) groups is 1. The molecule has 1 aromatic carbocycles. The van der Waals surface area contributed by atoms with Gasteiger partial charge in [-0.1, -0.05) is 52.9 Å². The Balaban J connectivity index is 1.54. The number of rotatable bonds is 6. The fraction of sp³-hybridized carbons (Fsp3) is 0.125. The van der Waals surface area contributed by atoms with E-state index in [1.54, 1.807) is 18.3 Å². The van der Waals surface area contributed by atoms with Gasteiger partial charge in [0.15, 0.2) is 9.49 Å². The second kappa shape index (κ2) is 8.28. The molecule has 3 rings (SSSR count). The van der Waals surface area contributed by atoms with Gasteiger partial charge in [-0.3, -0.25) is 4.79 Å². The van der Waals surface area contributed by atoms with Crippen LogP contribution in [-0.4, -0.2) is 26.8 Å². The topological polar surface area (TPSA) is 79.8 Å². The van der Waals surface area contributed by atoms with Crippen LogP contribution in [0.25, 0.3) is 0 Å². The zero-order valence-corrected chi connectivity index (χ0v) is 15.6. The van der Waals surface area contributed by atoms with Crippen LogP contribution in [0.5, 0.6) is 0 Å². The molecule has 0 aliphatic carbocycles. The van der Waals surface area contributed by atoms with Gasteiger partial charge in [-0.2, -0.15) is 0 Å². The molecule has 0 bridgehead atoms. The standard InChI is InChI=1S/C16H14ClN5OS2/c1-10-5-2-3-6-11(10)20-15-21-22-16(25-15)24-9-13(23)19-12-7-4-8-18-14(12)17/h2-8H,9H2,1H3,(H,19,23)(H,20,21). The van der Waals surface area contributed by atoms with Crippen LogP contribution in [0.4, 0.5) is 16.5 Å². The zero-order chi connectivity index (χ0) is 17.6. The molecule has 2 heterocycles. The van der Waals surface area contributed by atoms with Gasteiger partial charge in [-0.15, -0.1) is 10.2 Å². The van der Waals surface area contributed by atoms with Crippen LogP contribution in [-0.2, 0) is 4.79 Å². The van der Waals surface area contributed by atoms with Gasteiger partial charge in [0.25, 0.3) is 0 Å². The Labute approximate surface area is 158 Å². The zero-order valence-electron chi connectivity index (χ0n) is 13.2. The van der Waals surface area contributed by atoms with Gasteiger partial charge < -0.3 is 10.6 Å². The lowest BCUT2D eigenvalue weighted by Crippen LogP contribution is -2.14. The Hall–Kier alpha value is -2.16. The van der Waals surface area contributed by atoms with E-state index in [0.717, 1.165) is 11.3 Å². The largest absolute Gasteiger partial charge is 0.330 e. The highest BCUT2D eigenvalue weighted by Crippen LogP contribution is 2.28. The Morgan fingerprint density at radius 3 is 2.80 bits per heavy atom. The number of nitrogens with zero attached hydrogens (tertiary/aromatic N) is 3. The molecule has 2 aromatic heterocycles. The minimum absolute atomic E-state index is 0.177. The maximum atomic E-state index is 12.0. The van der Waals surface area contributed by atoms with E-state index < -0.39 is 0 Å². The van der Waals surface area contributed by atoms with Crippen molar-refractivity contribution in [1.82, 2.24) is 15.2 Å². The first-order valence-corrected chi connectivity index (χ1v) is 9.49. The summed E-state index contributed by atoms with van der Waals surface area (Å²) in [5.41, 5.74) is 2.60. The monoisotopic (exact) mass is 391 g/mol. The fourth-order valence-corrected chi connectivity index (χ4v) is 3.67. The van der Waals surface area contributed by atoms with Crippen LogP contribution in [0.15, 0.2) is 46.9 Å². The minimum Gasteiger partial charge on any atom is -0.330 e. The van der Waals surface area contributed by atoms with Crippen LogP contribution in [0.1, 0.15) is 5.56 Å². The molecule has 128 valence electrons. The van der Waals surface area contributed by atoms with Crippen molar-refractivity contribution < 1.29 is 4.79 Å². The fourth-order valence-electron chi connectivity index (χ4n) is 1.94. The molecule has 0 saturated heterocycles. The van der Waals surface area contributed by atoms with Crippen molar-refractivity contribution in [3.63, 3.8) is 0 Å². The number of aromatic nitrogens is 3. The van der Waals surface area contributed by atoms with Crippen molar-refractivity contribution in [1.29, 1.82) is 0 Å². The van der Waals surface area contributed by atoms with Crippen LogP contribution < -0.4 is 10.6 Å². The van der Waals surface area contributed by atoms with E-state index in [2.05, 4.69) is 25.8 Å². The van der Waals surface area contributed by atoms with Crippen LogP contribution in [0, 0.1) is 6.92 Å². The second-order valence-electron chi connectivity index (χ2n) is 4.99. The molecule has 1 amide bonds. The molecule has 0 aliphatic heterocycles. The number of carbonyl (C=O) groups excluding carboxylic acids is 1. The minimum atomic E-state index is -0.177. The summed E-state index contributed by atoms with van der Waals surface area (Å²) in [6.45, 7) is 2.02. The lowest BCUT2D eigenvalue weighted by atomic mass is 10.2. The van der Waals surface area contributed by atoms with E-state index in [1.807, 2.05) is 31.2 Å². The molecular weight excluding hydrogens is 378 g/mol. The number of nitrogens with one attached hydrogen (secondary N) is 2. The van der Waals surface area contributed by atoms with E-state index in [1.165, 1.54) is 23.1 Å². The molecule has 0 atom stereocenters. The average Bonchev–Trinajstić information content (AvgIpc) is 3.05. The van der Waals surface area contributed by atoms with E-state index >= 15 is 0 Å². The Bertz CT molecular complexity index is 886. The quantitative estimate of drug-likeness (QED) is 0.479. The van der Waals surface area contributed by atoms with E-state index in [4.69, 9.17) is 11.6 Å². The summed E-state index contributed by atoms with van der Waals surface area (Å²) in [7, 11) is 0. The molecule has 0 unspecified atom stereocenters. The van der Waals surface area contributed by atoms with Crippen molar-refractivity contribution in [3.05, 3.63) is 53.3 Å². The average molecular weight is 392 g/mol. The number of hydrogen-bond donors (Lipinski definition) is 2. The van der Waals surface area contributed by atoms with Gasteiger partial charge in [-0.25, -0.2) is 4.98 Å². The number of amides is 1. The van der Waals surface area contributed by atoms with Crippen molar-refractivity contribution in [2.75, 3.05) is 16.4 Å². The third-order valence-corrected chi connectivity index (χ3v) is 5.43. The number of aryl methyl sites for hydroxylation is 1. The van der Waals surface area contributed by atoms with Gasteiger partial charge in [0.05, 0.1) is 11.4 Å². The first kappa shape index (κ1) is 17.7. The molecule has 3 aromatic rings. The van der Waals surface area contributed by atoms with Gasteiger partial charge >= 0.3 is 0 Å². The van der Waals surface area contributed by atoms with Crippen molar-refractivity contribution >= 4 is 57.1 Å². The lowest BCUT2D eigenvalue weighted by molar-refractivity contribution is -0.113. The molecule has 0 fully saturated rings. The summed E-state index contributed by atoms with van der Waals surface area (Å²) >= 11 is 8.64. The number of pyridine rings is 1. The number of halogens is 1. The van der Waals surface area contributed by atoms with E-state index in [9.17, 15) is 4.79 Å². The number of hydrogen-bond acceptors (Lipinski definition) is 7. The normalized spacial score (nSPS) is 10.5. The molecule has 25 heavy (non-hydrogen) atoms. The summed E-state index contributed by atoms with van der Waals surface area (Å²) in [6.07, 6.45) is 1.57. The highest BCUT2D eigenvalue weighted by Gasteiger charge is 2.10. The SMILES string of the molecule is Cc1ccccc1Nc1nnc(SCC(=O)Nc2cccnc2Cl)s1. The third kappa shape index (κ3) is 4.91. The molecule has 0 aliphatic rings. The number of anilines is 3. The van der Waals surface area contributed by atoms with Crippen molar-refractivity contribution in [3.8, 4) is 0 Å². The summed E-state index contributed by atoms with van der Waals surface area (Å²) in [6, 6.07) is 11.4. The van der Waals surface area contributed by atoms with Crippen molar-refractivity contribution in [2.24, 2.45) is 0 Å². The summed E-state index contributed by atoms with van der Waals surface area (Å²) in [5, 5.41) is 15.1. The summed E-state index contributed by atoms with van der Waals surface area (Å²) in [4.78, 5) is 15.9. The van der Waals surface area contributed by atoms with E-state index in [0.29, 0.717) is 15.2 Å². The Morgan fingerprint density at radius 1 is 1.20 bits per heavy atom. The highest BCUT2D eigenvalue weighted by atomic mass is 35.5. The van der Waals surface area contributed by atoms with Crippen LogP contribution in [0.2, 0.25) is 5.15 Å². The predicted octanol–water partition coefficient (Wildman–Crippen LogP) is 4.37. The first-order valence-electron chi connectivity index (χ1n) is 7.31. The van der Waals surface area contributed by atoms with Crippen LogP contribution in [0.3, 0.4) is 0 Å². The summed E-state index contributed by atoms with van der Waals surface area (Å²) < 4.78 is 0.712. The molecule has 6 nitrogen and oxygen atoms in total. The Kier molecular flexibility index (Phi) is 5.85. The number of benzene rings is 1. The Morgan fingerprint density at radius 2 is 2.00 bits per heavy atom. The molecule has 0 saturated carbocycles. The van der Waals surface area contributed by atoms with Gasteiger partial charge in [0.2, 0.25) is 11.0 Å². The number of para-hydroxylation sites is 1. The summed E-state index contributed by atoms with van der Waals surface area (Å²) in [5.74, 6) is 0.0352. The highest BCUT2D eigenvalue weighted by molar-refractivity contribution is 8.01. The first-order chi connectivity index (χ1) is 12.1. The maximum absolute atomic E-state index is 12.0. The molecular formula is C16H14ClN5OS2. The van der Waals surface area contributed by atoms with Crippen LogP contribution >= 0.6 is 34.7 Å². The third-order valence-electron chi connectivity index (χ3n) is 3.15. The van der Waals surface area contributed by atoms with Gasteiger partial charge in [-0.05, 0) is 30.7 Å². The number of thioether (sulfide) groups is 1. The molecule has 9 heteroatoms. The van der Waals surface area contributed by atoms with Crippen molar-refractivity contribution in [2.45, 2.75) is 11.3 Å². The van der Waals surface area contributed by atoms with Gasteiger partial charge in [0, 0.05) is 11.9 Å². The molecule has 2 N–H and O–H groups in total. The molecule has 0 spiro atoms. The lowest BCUT2D eigenvalue weighted by Gasteiger charge is -2.05. The van der Waals surface area contributed by atoms with Gasteiger partial charge in [0.1, 0.15) is 0 Å². The van der Waals surface area contributed by atoms with E-state index in [-0.39, 0.29) is 16.8 Å². The maximum Gasteiger partial charge on any atom is 0.234 e.